The lowest BCUT2D eigenvalue weighted by Crippen LogP contribution is -1.89. The van der Waals surface area contributed by atoms with Crippen LogP contribution in [0.15, 0.2) is 6.08 Å². The molecular weight excluding hydrogens is 156 g/mol. The van der Waals surface area contributed by atoms with E-state index in [9.17, 15) is 0 Å². The Labute approximate surface area is 70.0 Å². The van der Waals surface area contributed by atoms with Gasteiger partial charge in [0.05, 0.1) is 5.69 Å². The van der Waals surface area contributed by atoms with Gasteiger partial charge < -0.3 is 5.32 Å². The van der Waals surface area contributed by atoms with E-state index >= 15 is 0 Å². The van der Waals surface area contributed by atoms with Gasteiger partial charge in [0, 0.05) is 11.9 Å². The second-order valence-corrected chi connectivity index (χ2v) is 3.60. The van der Waals surface area contributed by atoms with Crippen molar-refractivity contribution in [2.45, 2.75) is 12.8 Å². The van der Waals surface area contributed by atoms with E-state index < -0.39 is 0 Å². The lowest BCUT2D eigenvalue weighted by atomic mass is 10.1. The highest BCUT2D eigenvalue weighted by Gasteiger charge is 2.09. The minimum Gasteiger partial charge on any atom is -0.365 e. The fraction of sp³-hybridized carbons (Fsp3) is 0.375. The van der Waals surface area contributed by atoms with E-state index in [-0.39, 0.29) is 0 Å². The van der Waals surface area contributed by atoms with E-state index in [2.05, 4.69) is 22.5 Å². The zero-order chi connectivity index (χ0) is 7.68. The molecule has 0 unspecified atom stereocenters. The van der Waals surface area contributed by atoms with Gasteiger partial charge in [-0.3, -0.25) is 0 Å². The molecule has 0 spiro atoms. The number of thiazole rings is 1. The maximum Gasteiger partial charge on any atom is 0.183 e. The monoisotopic (exact) mass is 166 g/mol. The van der Waals surface area contributed by atoms with E-state index in [1.807, 2.05) is 7.05 Å². The molecule has 58 valence electrons. The molecule has 0 saturated heterocycles. The first-order chi connectivity index (χ1) is 5.40. The maximum atomic E-state index is 4.39. The van der Waals surface area contributed by atoms with Crippen LogP contribution in [-0.2, 0) is 6.42 Å². The Bertz CT molecular complexity index is 288. The Morgan fingerprint density at radius 3 is 3.27 bits per heavy atom. The average molecular weight is 166 g/mol. The number of allylic oxidation sites excluding steroid dienone is 1. The highest BCUT2D eigenvalue weighted by molar-refractivity contribution is 7.15. The molecule has 1 aromatic rings. The molecule has 0 radical (unpaired) electrons. The summed E-state index contributed by atoms with van der Waals surface area (Å²) in [4.78, 5) is 5.80. The molecule has 2 rings (SSSR count). The third-order valence-corrected chi connectivity index (χ3v) is 2.90. The van der Waals surface area contributed by atoms with E-state index in [4.69, 9.17) is 0 Å². The number of hydrogen-bond acceptors (Lipinski definition) is 3. The van der Waals surface area contributed by atoms with E-state index in [0.717, 1.165) is 17.2 Å². The Hall–Kier alpha value is -0.830. The molecule has 0 saturated carbocycles. The molecule has 1 aliphatic rings. The van der Waals surface area contributed by atoms with Gasteiger partial charge in [-0.05, 0) is 18.9 Å². The summed E-state index contributed by atoms with van der Waals surface area (Å²) in [6.45, 7) is 0. The third kappa shape index (κ3) is 1.16. The van der Waals surface area contributed by atoms with Gasteiger partial charge in [0.15, 0.2) is 5.13 Å². The number of aromatic nitrogens is 1. The Morgan fingerprint density at radius 2 is 2.55 bits per heavy atom. The molecule has 1 aliphatic carbocycles. The van der Waals surface area contributed by atoms with Crippen LogP contribution >= 0.6 is 11.3 Å². The molecule has 1 heterocycles. The summed E-state index contributed by atoms with van der Waals surface area (Å²) in [7, 11) is 1.91. The van der Waals surface area contributed by atoms with Crippen molar-refractivity contribution in [3.05, 3.63) is 16.6 Å². The molecule has 1 N–H and O–H groups in total. The van der Waals surface area contributed by atoms with Crippen molar-refractivity contribution >= 4 is 22.5 Å². The minimum absolute atomic E-state index is 1.03. The van der Waals surface area contributed by atoms with Crippen molar-refractivity contribution in [1.82, 2.24) is 4.98 Å². The first-order valence-electron chi connectivity index (χ1n) is 3.74. The molecule has 2 nitrogen and oxygen atoms in total. The van der Waals surface area contributed by atoms with Crippen molar-refractivity contribution in [2.24, 2.45) is 0 Å². The van der Waals surface area contributed by atoms with E-state index in [1.54, 1.807) is 11.3 Å². The fourth-order valence-electron chi connectivity index (χ4n) is 1.19. The van der Waals surface area contributed by atoms with Crippen LogP contribution in [0.25, 0.3) is 6.08 Å². The summed E-state index contributed by atoms with van der Waals surface area (Å²) in [5.74, 6) is 0. The topological polar surface area (TPSA) is 24.9 Å². The molecule has 0 aliphatic heterocycles. The molecule has 0 aromatic carbocycles. The molecule has 11 heavy (non-hydrogen) atoms. The second kappa shape index (κ2) is 2.66. The van der Waals surface area contributed by atoms with Crippen molar-refractivity contribution in [2.75, 3.05) is 12.4 Å². The number of anilines is 1. The predicted molar refractivity (Wildman–Crippen MR) is 49.0 cm³/mol. The molecular formula is C8H10N2S. The molecule has 0 bridgehead atoms. The predicted octanol–water partition coefficient (Wildman–Crippen LogP) is 2.14. The smallest absolute Gasteiger partial charge is 0.183 e. The highest BCUT2D eigenvalue weighted by atomic mass is 32.1. The molecule has 3 heteroatoms. The van der Waals surface area contributed by atoms with Gasteiger partial charge in [-0.25, -0.2) is 4.98 Å². The molecule has 1 aromatic heterocycles. The van der Waals surface area contributed by atoms with Gasteiger partial charge in [0.1, 0.15) is 0 Å². The zero-order valence-corrected chi connectivity index (χ0v) is 7.24. The lowest BCUT2D eigenvalue weighted by molar-refractivity contribution is 1.00. The summed E-state index contributed by atoms with van der Waals surface area (Å²) in [5, 5.41) is 4.09. The number of nitrogens with one attached hydrogen (secondary N) is 1. The standard InChI is InChI=1S/C8H10N2S/c1-9-8-10-6-4-2-3-5-7(6)11-8/h2,4H,3,5H2,1H3,(H,9,10). The SMILES string of the molecule is CNc1nc2c(s1)CCC=C2. The number of rotatable bonds is 1. The first-order valence-corrected chi connectivity index (χ1v) is 4.56. The van der Waals surface area contributed by atoms with Crippen molar-refractivity contribution < 1.29 is 0 Å². The van der Waals surface area contributed by atoms with Crippen LogP contribution in [0.4, 0.5) is 5.13 Å². The van der Waals surface area contributed by atoms with Gasteiger partial charge in [0.25, 0.3) is 0 Å². The van der Waals surface area contributed by atoms with Gasteiger partial charge in [-0.1, -0.05) is 6.08 Å². The Kier molecular flexibility index (Phi) is 1.66. The van der Waals surface area contributed by atoms with Gasteiger partial charge in [-0.15, -0.1) is 11.3 Å². The maximum absolute atomic E-state index is 4.39. The summed E-state index contributed by atoms with van der Waals surface area (Å²) < 4.78 is 0. The summed E-state index contributed by atoms with van der Waals surface area (Å²) in [5.41, 5.74) is 1.16. The van der Waals surface area contributed by atoms with Crippen LogP contribution in [0.3, 0.4) is 0 Å². The quantitative estimate of drug-likeness (QED) is 0.691. The first kappa shape index (κ1) is 6.85. The highest BCUT2D eigenvalue weighted by Crippen LogP contribution is 2.27. The van der Waals surface area contributed by atoms with Gasteiger partial charge in [-0.2, -0.15) is 0 Å². The molecule has 0 fully saturated rings. The number of aryl methyl sites for hydroxylation is 1. The van der Waals surface area contributed by atoms with Crippen molar-refractivity contribution in [1.29, 1.82) is 0 Å². The van der Waals surface area contributed by atoms with Crippen LogP contribution in [0, 0.1) is 0 Å². The minimum atomic E-state index is 1.03. The van der Waals surface area contributed by atoms with E-state index in [1.165, 1.54) is 11.3 Å². The summed E-state index contributed by atoms with van der Waals surface area (Å²) >= 11 is 1.76. The van der Waals surface area contributed by atoms with Crippen molar-refractivity contribution in [3.8, 4) is 0 Å². The Balaban J connectivity index is 2.42. The van der Waals surface area contributed by atoms with E-state index in [0.29, 0.717) is 0 Å². The Morgan fingerprint density at radius 1 is 1.64 bits per heavy atom. The van der Waals surface area contributed by atoms with Crippen LogP contribution in [0.2, 0.25) is 0 Å². The number of hydrogen-bond donors (Lipinski definition) is 1. The number of nitrogens with zero attached hydrogens (tertiary/aromatic N) is 1. The molecule has 0 amide bonds. The van der Waals surface area contributed by atoms with Crippen LogP contribution in [-0.4, -0.2) is 12.0 Å². The number of fused-ring (bicyclic) bond motifs is 1. The zero-order valence-electron chi connectivity index (χ0n) is 6.42. The largest absolute Gasteiger partial charge is 0.365 e. The van der Waals surface area contributed by atoms with Crippen LogP contribution in [0.5, 0.6) is 0 Å². The van der Waals surface area contributed by atoms with Gasteiger partial charge >= 0.3 is 0 Å². The summed E-state index contributed by atoms with van der Waals surface area (Å²) in [6, 6.07) is 0. The third-order valence-electron chi connectivity index (χ3n) is 1.76. The average Bonchev–Trinajstić information content (AvgIpc) is 2.46. The van der Waals surface area contributed by atoms with Crippen LogP contribution in [0.1, 0.15) is 17.0 Å². The second-order valence-electron chi connectivity index (χ2n) is 2.52. The van der Waals surface area contributed by atoms with Crippen LogP contribution < -0.4 is 5.32 Å². The fourth-order valence-corrected chi connectivity index (χ4v) is 2.11. The normalized spacial score (nSPS) is 14.6. The van der Waals surface area contributed by atoms with Crippen molar-refractivity contribution in [3.63, 3.8) is 0 Å². The molecule has 0 atom stereocenters. The van der Waals surface area contributed by atoms with Gasteiger partial charge in [0.2, 0.25) is 0 Å². The lowest BCUT2D eigenvalue weighted by Gasteiger charge is -1.99. The summed E-state index contributed by atoms with van der Waals surface area (Å²) in [6.07, 6.45) is 6.61.